The van der Waals surface area contributed by atoms with Gasteiger partial charge in [-0.1, -0.05) is 18.2 Å². The Morgan fingerprint density at radius 2 is 2.00 bits per heavy atom. The van der Waals surface area contributed by atoms with Gasteiger partial charge in [0, 0.05) is 30.1 Å². The Morgan fingerprint density at radius 1 is 1.15 bits per heavy atom. The normalized spacial score (nSPS) is 14.7. The van der Waals surface area contributed by atoms with Crippen molar-refractivity contribution >= 4 is 16.8 Å². The monoisotopic (exact) mass is 265 g/mol. The Balaban J connectivity index is 1.85. The lowest BCUT2D eigenvalue weighted by molar-refractivity contribution is 0.624. The van der Waals surface area contributed by atoms with Crippen LogP contribution in [0.2, 0.25) is 0 Å². The fourth-order valence-corrected chi connectivity index (χ4v) is 2.38. The zero-order chi connectivity index (χ0) is 13.5. The van der Waals surface area contributed by atoms with Crippen LogP contribution in [0.5, 0.6) is 0 Å². The molecule has 1 aliphatic rings. The lowest BCUT2D eigenvalue weighted by Crippen LogP contribution is -1.99. The molecule has 0 spiro atoms. The van der Waals surface area contributed by atoms with E-state index in [1.165, 1.54) is 12.8 Å². The van der Waals surface area contributed by atoms with Gasteiger partial charge in [0.2, 0.25) is 0 Å². The first-order chi connectivity index (χ1) is 9.83. The predicted octanol–water partition coefficient (Wildman–Crippen LogP) is 3.81. The summed E-state index contributed by atoms with van der Waals surface area (Å²) < 4.78 is 5.86. The molecule has 1 N–H and O–H groups in total. The molecule has 0 radical (unpaired) electrons. The van der Waals surface area contributed by atoms with E-state index in [1.54, 1.807) is 0 Å². The fraction of sp³-hybridized carbons (Fsp3) is 0.250. The Kier molecular flexibility index (Phi) is 2.49. The Labute approximate surface area is 116 Å². The number of nitrogens with zero attached hydrogens (tertiary/aromatic N) is 2. The van der Waals surface area contributed by atoms with Crippen LogP contribution in [0.25, 0.3) is 22.6 Å². The van der Waals surface area contributed by atoms with E-state index in [0.29, 0.717) is 11.7 Å². The molecular weight excluding hydrogens is 250 g/mol. The van der Waals surface area contributed by atoms with E-state index >= 15 is 0 Å². The van der Waals surface area contributed by atoms with Gasteiger partial charge in [0.25, 0.3) is 0 Å². The number of para-hydroxylation sites is 1. The van der Waals surface area contributed by atoms with Gasteiger partial charge in [-0.25, -0.2) is 9.97 Å². The Morgan fingerprint density at radius 3 is 2.75 bits per heavy atom. The smallest absolute Gasteiger partial charge is 0.197 e. The molecule has 1 aromatic carbocycles. The number of furan rings is 1. The van der Waals surface area contributed by atoms with Crippen molar-refractivity contribution in [3.8, 4) is 11.6 Å². The summed E-state index contributed by atoms with van der Waals surface area (Å²) in [6, 6.07) is 12.0. The molecule has 1 fully saturated rings. The largest absolute Gasteiger partial charge is 0.453 e. The summed E-state index contributed by atoms with van der Waals surface area (Å²) >= 11 is 0. The van der Waals surface area contributed by atoms with Gasteiger partial charge in [-0.2, -0.15) is 0 Å². The van der Waals surface area contributed by atoms with Gasteiger partial charge in [-0.3, -0.25) is 0 Å². The van der Waals surface area contributed by atoms with E-state index < -0.39 is 0 Å². The Hall–Kier alpha value is -2.36. The maximum Gasteiger partial charge on any atom is 0.197 e. The number of rotatable bonds is 3. The number of aromatic nitrogens is 2. The second kappa shape index (κ2) is 4.34. The maximum atomic E-state index is 5.86. The van der Waals surface area contributed by atoms with Crippen molar-refractivity contribution in [2.45, 2.75) is 18.8 Å². The molecular formula is C16H15N3O. The first-order valence-corrected chi connectivity index (χ1v) is 6.89. The highest BCUT2D eigenvalue weighted by atomic mass is 16.3. The summed E-state index contributed by atoms with van der Waals surface area (Å²) in [5.41, 5.74) is 1.98. The number of benzene rings is 1. The van der Waals surface area contributed by atoms with Crippen LogP contribution >= 0.6 is 0 Å². The minimum Gasteiger partial charge on any atom is -0.453 e. The van der Waals surface area contributed by atoms with Gasteiger partial charge in [0.15, 0.2) is 11.6 Å². The van der Waals surface area contributed by atoms with Crippen molar-refractivity contribution < 1.29 is 4.42 Å². The zero-order valence-corrected chi connectivity index (χ0v) is 11.3. The van der Waals surface area contributed by atoms with Crippen molar-refractivity contribution in [3.05, 3.63) is 42.1 Å². The average molecular weight is 265 g/mol. The van der Waals surface area contributed by atoms with Crippen molar-refractivity contribution in [1.82, 2.24) is 9.97 Å². The Bertz CT molecular complexity index is 741. The summed E-state index contributed by atoms with van der Waals surface area (Å²) in [7, 11) is 1.88. The van der Waals surface area contributed by atoms with Gasteiger partial charge < -0.3 is 9.73 Å². The summed E-state index contributed by atoms with van der Waals surface area (Å²) in [4.78, 5) is 9.18. The quantitative estimate of drug-likeness (QED) is 0.782. The molecule has 0 atom stereocenters. The second-order valence-corrected chi connectivity index (χ2v) is 5.17. The minimum atomic E-state index is 0.591. The predicted molar refractivity (Wildman–Crippen MR) is 78.8 cm³/mol. The number of hydrogen-bond donors (Lipinski definition) is 1. The van der Waals surface area contributed by atoms with Crippen molar-refractivity contribution in [2.75, 3.05) is 12.4 Å². The van der Waals surface area contributed by atoms with Crippen LogP contribution in [0.4, 0.5) is 5.82 Å². The second-order valence-electron chi connectivity index (χ2n) is 5.17. The molecule has 0 unspecified atom stereocenters. The highest BCUT2D eigenvalue weighted by Gasteiger charge is 2.26. The molecule has 0 aliphatic heterocycles. The van der Waals surface area contributed by atoms with Crippen LogP contribution in [0, 0.1) is 0 Å². The van der Waals surface area contributed by atoms with Gasteiger partial charge in [0.05, 0.1) is 0 Å². The number of hydrogen-bond acceptors (Lipinski definition) is 4. The van der Waals surface area contributed by atoms with Crippen molar-refractivity contribution in [1.29, 1.82) is 0 Å². The molecule has 0 amide bonds. The molecule has 4 nitrogen and oxygen atoms in total. The van der Waals surface area contributed by atoms with E-state index in [0.717, 1.165) is 28.2 Å². The van der Waals surface area contributed by atoms with Crippen LogP contribution < -0.4 is 5.32 Å². The molecule has 2 aromatic heterocycles. The first kappa shape index (κ1) is 11.5. The molecule has 0 bridgehead atoms. The molecule has 3 aromatic rings. The van der Waals surface area contributed by atoms with Crippen LogP contribution in [-0.2, 0) is 0 Å². The van der Waals surface area contributed by atoms with Crippen LogP contribution in [0.15, 0.2) is 40.8 Å². The third kappa shape index (κ3) is 1.93. The van der Waals surface area contributed by atoms with Gasteiger partial charge in [-0.15, -0.1) is 0 Å². The van der Waals surface area contributed by atoms with E-state index in [9.17, 15) is 0 Å². The van der Waals surface area contributed by atoms with Crippen molar-refractivity contribution in [3.63, 3.8) is 0 Å². The number of anilines is 1. The van der Waals surface area contributed by atoms with Crippen LogP contribution in [0.3, 0.4) is 0 Å². The number of nitrogens with one attached hydrogen (secondary N) is 1. The molecule has 100 valence electrons. The topological polar surface area (TPSA) is 51.0 Å². The fourth-order valence-electron chi connectivity index (χ4n) is 2.38. The molecule has 1 aliphatic carbocycles. The van der Waals surface area contributed by atoms with Crippen molar-refractivity contribution in [2.24, 2.45) is 0 Å². The summed E-state index contributed by atoms with van der Waals surface area (Å²) in [5.74, 6) is 2.82. The van der Waals surface area contributed by atoms with E-state index in [2.05, 4.69) is 15.3 Å². The van der Waals surface area contributed by atoms with E-state index in [4.69, 9.17) is 4.42 Å². The average Bonchev–Trinajstić information content (AvgIpc) is 3.25. The van der Waals surface area contributed by atoms with E-state index in [-0.39, 0.29) is 0 Å². The third-order valence-corrected chi connectivity index (χ3v) is 3.64. The highest BCUT2D eigenvalue weighted by Crippen LogP contribution is 2.40. The summed E-state index contributed by atoms with van der Waals surface area (Å²) in [5, 5.41) is 4.18. The SMILES string of the molecule is CNc1cc(C2CC2)nc(-c2cc3ccccc3o2)n1. The number of fused-ring (bicyclic) bond motifs is 1. The highest BCUT2D eigenvalue weighted by molar-refractivity contribution is 5.81. The lowest BCUT2D eigenvalue weighted by atomic mass is 10.2. The van der Waals surface area contributed by atoms with Gasteiger partial charge in [-0.05, 0) is 25.0 Å². The third-order valence-electron chi connectivity index (χ3n) is 3.64. The molecule has 4 heteroatoms. The maximum absolute atomic E-state index is 5.86. The molecule has 2 heterocycles. The molecule has 4 rings (SSSR count). The standard InChI is InChI=1S/C16H15N3O/c1-17-15-9-12(10-6-7-10)18-16(19-15)14-8-11-4-2-3-5-13(11)20-14/h2-5,8-10H,6-7H2,1H3,(H,17,18,19). The van der Waals surface area contributed by atoms with Gasteiger partial charge >= 0.3 is 0 Å². The van der Waals surface area contributed by atoms with Gasteiger partial charge in [0.1, 0.15) is 11.4 Å². The van der Waals surface area contributed by atoms with E-state index in [1.807, 2.05) is 43.4 Å². The first-order valence-electron chi connectivity index (χ1n) is 6.89. The lowest BCUT2D eigenvalue weighted by Gasteiger charge is -2.05. The zero-order valence-electron chi connectivity index (χ0n) is 11.3. The summed E-state index contributed by atoms with van der Waals surface area (Å²) in [6.07, 6.45) is 2.44. The van der Waals surface area contributed by atoms with Crippen LogP contribution in [0.1, 0.15) is 24.5 Å². The summed E-state index contributed by atoms with van der Waals surface area (Å²) in [6.45, 7) is 0. The van der Waals surface area contributed by atoms with Crippen LogP contribution in [-0.4, -0.2) is 17.0 Å². The minimum absolute atomic E-state index is 0.591. The molecule has 0 saturated heterocycles. The molecule has 1 saturated carbocycles. The molecule has 20 heavy (non-hydrogen) atoms.